The fraction of sp³-hybridized carbons (Fsp3) is 0.938. The van der Waals surface area contributed by atoms with Gasteiger partial charge in [-0.1, -0.05) is 11.8 Å². The third kappa shape index (κ3) is 17.0. The molecule has 25 heavy (non-hydrogen) atoms. The molecule has 0 aliphatic heterocycles. The highest BCUT2D eigenvalue weighted by atomic mass is 32.2. The number of carbonyl (C=O) groups is 1. The predicted molar refractivity (Wildman–Crippen MR) is 104 cm³/mol. The fourth-order valence-corrected chi connectivity index (χ4v) is 4.03. The Morgan fingerprint density at radius 1 is 0.960 bits per heavy atom. The molecular weight excluding hydrogens is 362 g/mol. The maximum atomic E-state index is 12.4. The van der Waals surface area contributed by atoms with Crippen LogP contribution in [0, 0.1) is 0 Å². The normalized spacial score (nSPS) is 11.5. The average molecular weight is 398 g/mol. The molecule has 0 aromatic heterocycles. The Hall–Kier alpha value is -0.163. The minimum Gasteiger partial charge on any atom is -0.424 e. The lowest BCUT2D eigenvalue weighted by atomic mass is 10.5. The number of hydrogen-bond acceptors (Lipinski definition) is 7. The molecule has 0 saturated carbocycles. The first-order valence-electron chi connectivity index (χ1n) is 8.89. The van der Waals surface area contributed by atoms with Crippen molar-refractivity contribution in [3.8, 4) is 0 Å². The molecular formula is C16H35NO6SSi. The maximum Gasteiger partial charge on any atom is 0.281 e. The molecule has 9 heteroatoms. The van der Waals surface area contributed by atoms with E-state index in [0.29, 0.717) is 52.7 Å². The van der Waals surface area contributed by atoms with Gasteiger partial charge in [0.05, 0.1) is 39.6 Å². The lowest BCUT2D eigenvalue weighted by Gasteiger charge is -2.22. The maximum absolute atomic E-state index is 12.4. The molecule has 1 amide bonds. The first-order valence-corrected chi connectivity index (χ1v) is 11.4. The van der Waals surface area contributed by atoms with Crippen LogP contribution in [0.1, 0.15) is 13.3 Å². The van der Waals surface area contributed by atoms with Gasteiger partial charge in [0.1, 0.15) is 0 Å². The number of methoxy groups -OCH3 is 2. The highest BCUT2D eigenvalue weighted by molar-refractivity contribution is 8.13. The van der Waals surface area contributed by atoms with E-state index in [4.69, 9.17) is 23.4 Å². The van der Waals surface area contributed by atoms with E-state index in [1.807, 2.05) is 6.92 Å². The van der Waals surface area contributed by atoms with Crippen LogP contribution in [0.4, 0.5) is 4.79 Å². The Morgan fingerprint density at radius 2 is 1.56 bits per heavy atom. The van der Waals surface area contributed by atoms with E-state index >= 15 is 0 Å². The van der Waals surface area contributed by atoms with Crippen molar-refractivity contribution < 1.29 is 28.2 Å². The molecule has 0 aliphatic rings. The zero-order valence-electron chi connectivity index (χ0n) is 16.0. The molecule has 7 nitrogen and oxygen atoms in total. The fourth-order valence-electron chi connectivity index (χ4n) is 1.83. The average Bonchev–Trinajstić information content (AvgIpc) is 2.62. The van der Waals surface area contributed by atoms with Crippen molar-refractivity contribution in [2.24, 2.45) is 0 Å². The first kappa shape index (κ1) is 24.8. The molecule has 0 aromatic rings. The van der Waals surface area contributed by atoms with Gasteiger partial charge in [-0.2, -0.15) is 0 Å². The Morgan fingerprint density at radius 3 is 2.08 bits per heavy atom. The number of nitrogens with zero attached hydrogens (tertiary/aromatic N) is 1. The van der Waals surface area contributed by atoms with E-state index in [0.717, 1.165) is 24.8 Å². The van der Waals surface area contributed by atoms with E-state index < -0.39 is 9.76 Å². The Balaban J connectivity index is 3.99. The van der Waals surface area contributed by atoms with Gasteiger partial charge >= 0.3 is 0 Å². The van der Waals surface area contributed by atoms with Gasteiger partial charge in [0.2, 0.25) is 0 Å². The van der Waals surface area contributed by atoms with Crippen molar-refractivity contribution in [1.29, 1.82) is 0 Å². The Labute approximate surface area is 159 Å². The number of ether oxygens (including phenoxy) is 4. The van der Waals surface area contributed by atoms with Crippen LogP contribution in [0.3, 0.4) is 0 Å². The van der Waals surface area contributed by atoms with E-state index in [2.05, 4.69) is 0 Å². The lowest BCUT2D eigenvalue weighted by molar-refractivity contribution is 0.0475. The number of rotatable bonds is 18. The Kier molecular flexibility index (Phi) is 20.0. The highest BCUT2D eigenvalue weighted by Crippen LogP contribution is 2.11. The summed E-state index contributed by atoms with van der Waals surface area (Å²) in [5.74, 6) is 0.838. The molecule has 0 atom stereocenters. The molecule has 0 rings (SSSR count). The Bertz CT molecular complexity index is 288. The van der Waals surface area contributed by atoms with Crippen molar-refractivity contribution in [2.75, 3.05) is 79.3 Å². The van der Waals surface area contributed by atoms with Gasteiger partial charge < -0.3 is 28.3 Å². The van der Waals surface area contributed by atoms with Gasteiger partial charge in [0.15, 0.2) is 9.76 Å². The quantitative estimate of drug-likeness (QED) is 0.256. The van der Waals surface area contributed by atoms with Crippen molar-refractivity contribution >= 4 is 26.8 Å². The van der Waals surface area contributed by atoms with Gasteiger partial charge in [-0.25, -0.2) is 0 Å². The summed E-state index contributed by atoms with van der Waals surface area (Å²) in [5, 5.41) is 0.0868. The molecule has 0 unspecified atom stereocenters. The number of thioether (sulfide) groups is 1. The second-order valence-corrected chi connectivity index (χ2v) is 7.79. The van der Waals surface area contributed by atoms with Crippen molar-refractivity contribution in [3.05, 3.63) is 0 Å². The highest BCUT2D eigenvalue weighted by Gasteiger charge is 2.13. The summed E-state index contributed by atoms with van der Waals surface area (Å²) in [4.78, 5) is 14.2. The molecule has 150 valence electrons. The van der Waals surface area contributed by atoms with Crippen LogP contribution in [-0.2, 0) is 23.4 Å². The van der Waals surface area contributed by atoms with E-state index in [-0.39, 0.29) is 5.24 Å². The van der Waals surface area contributed by atoms with Crippen molar-refractivity contribution in [3.63, 3.8) is 0 Å². The molecule has 0 fully saturated rings. The van der Waals surface area contributed by atoms with Gasteiger partial charge in [0.25, 0.3) is 5.24 Å². The van der Waals surface area contributed by atoms with Crippen molar-refractivity contribution in [2.45, 2.75) is 19.4 Å². The van der Waals surface area contributed by atoms with Crippen LogP contribution in [0.2, 0.25) is 6.04 Å². The van der Waals surface area contributed by atoms with Gasteiger partial charge in [-0.3, -0.25) is 4.79 Å². The van der Waals surface area contributed by atoms with E-state index in [9.17, 15) is 4.79 Å². The van der Waals surface area contributed by atoms with Gasteiger partial charge in [0, 0.05) is 39.7 Å². The second-order valence-electron chi connectivity index (χ2n) is 5.22. The molecule has 0 aromatic carbocycles. The summed E-state index contributed by atoms with van der Waals surface area (Å²) in [5.41, 5.74) is 0. The van der Waals surface area contributed by atoms with E-state index in [1.165, 1.54) is 11.8 Å². The summed E-state index contributed by atoms with van der Waals surface area (Å²) in [7, 11) is 2.88. The first-order chi connectivity index (χ1) is 12.3. The molecule has 0 spiro atoms. The van der Waals surface area contributed by atoms with Gasteiger partial charge in [-0.05, 0) is 19.4 Å². The van der Waals surface area contributed by atoms with Crippen LogP contribution in [-0.4, -0.2) is 99.2 Å². The van der Waals surface area contributed by atoms with Crippen LogP contribution in [0.25, 0.3) is 0 Å². The topological polar surface area (TPSA) is 66.5 Å². The van der Waals surface area contributed by atoms with Gasteiger partial charge in [-0.15, -0.1) is 0 Å². The predicted octanol–water partition coefficient (Wildman–Crippen LogP) is 1.40. The molecule has 0 bridgehead atoms. The smallest absolute Gasteiger partial charge is 0.281 e. The van der Waals surface area contributed by atoms with Crippen LogP contribution in [0.15, 0.2) is 0 Å². The molecule has 0 heterocycles. The second kappa shape index (κ2) is 20.2. The third-order valence-electron chi connectivity index (χ3n) is 3.25. The third-order valence-corrected chi connectivity index (χ3v) is 5.73. The zero-order chi connectivity index (χ0) is 18.6. The molecule has 0 saturated heterocycles. The summed E-state index contributed by atoms with van der Waals surface area (Å²) >= 11 is 1.37. The summed E-state index contributed by atoms with van der Waals surface area (Å²) in [6, 6.07) is 1.12. The zero-order valence-corrected chi connectivity index (χ0v) is 18.2. The summed E-state index contributed by atoms with van der Waals surface area (Å²) in [6.07, 6.45) is 1.03. The number of hydrogen-bond donors (Lipinski definition) is 0. The van der Waals surface area contributed by atoms with Crippen LogP contribution >= 0.6 is 11.8 Å². The monoisotopic (exact) mass is 397 g/mol. The minimum atomic E-state index is -0.398. The largest absolute Gasteiger partial charge is 0.424 e. The molecule has 0 N–H and O–H groups in total. The number of amides is 1. The van der Waals surface area contributed by atoms with Crippen LogP contribution < -0.4 is 0 Å². The molecule has 0 radical (unpaired) electrons. The van der Waals surface area contributed by atoms with E-state index in [1.54, 1.807) is 19.1 Å². The molecule has 0 aliphatic carbocycles. The SMILES string of the molecule is CCO[SiH2]CCCSC(=O)N(CCOCCOC)CCOCCOC. The summed E-state index contributed by atoms with van der Waals surface area (Å²) < 4.78 is 26.3. The summed E-state index contributed by atoms with van der Waals surface area (Å²) in [6.45, 7) is 7.17. The minimum absolute atomic E-state index is 0.0868. The van der Waals surface area contributed by atoms with Crippen LogP contribution in [0.5, 0.6) is 0 Å². The standard InChI is InChI=1S/C16H35NO6SSi/c1-4-23-25-15-5-14-24-16(18)17(6-8-21-12-10-19-2)7-9-22-13-11-20-3/h4-15,25H2,1-3H3. The lowest BCUT2D eigenvalue weighted by Crippen LogP contribution is -2.34. The van der Waals surface area contributed by atoms with Crippen molar-refractivity contribution in [1.82, 2.24) is 4.90 Å². The number of carbonyl (C=O) groups excluding carboxylic acids is 1.